The first-order valence-corrected chi connectivity index (χ1v) is 8.30. The number of aromatic nitrogens is 1. The number of nitrogens with zero attached hydrogens (tertiary/aromatic N) is 1. The molecule has 1 aromatic heterocycles. The highest BCUT2D eigenvalue weighted by Gasteiger charge is 2.09. The standard InChI is InChI=1S/C20H23FN2/c1-2-3-12-22-13-17-15-23(20-11-7-5-9-18(17)20)14-16-8-4-6-10-19(16)21/h4-11,15,22H,2-3,12-14H2,1H3. The molecule has 3 heteroatoms. The number of hydrogen-bond acceptors (Lipinski definition) is 1. The minimum Gasteiger partial charge on any atom is -0.343 e. The number of halogens is 1. The van der Waals surface area contributed by atoms with Crippen LogP contribution in [0.1, 0.15) is 30.9 Å². The summed E-state index contributed by atoms with van der Waals surface area (Å²) in [6.45, 7) is 4.64. The van der Waals surface area contributed by atoms with Crippen LogP contribution in [0.25, 0.3) is 10.9 Å². The third kappa shape index (κ3) is 3.62. The third-order valence-corrected chi connectivity index (χ3v) is 4.19. The Balaban J connectivity index is 1.87. The van der Waals surface area contributed by atoms with Gasteiger partial charge in [-0.3, -0.25) is 0 Å². The molecule has 0 aliphatic heterocycles. The first-order chi connectivity index (χ1) is 11.3. The molecule has 0 fully saturated rings. The van der Waals surface area contributed by atoms with E-state index in [2.05, 4.69) is 41.2 Å². The maximum atomic E-state index is 13.9. The third-order valence-electron chi connectivity index (χ3n) is 4.19. The van der Waals surface area contributed by atoms with E-state index in [0.717, 1.165) is 24.2 Å². The smallest absolute Gasteiger partial charge is 0.128 e. The molecule has 1 heterocycles. The van der Waals surface area contributed by atoms with Gasteiger partial charge in [0.05, 0.1) is 6.54 Å². The fourth-order valence-electron chi connectivity index (χ4n) is 2.93. The van der Waals surface area contributed by atoms with Crippen LogP contribution in [0.3, 0.4) is 0 Å². The number of para-hydroxylation sites is 1. The van der Waals surface area contributed by atoms with Crippen molar-refractivity contribution in [2.45, 2.75) is 32.9 Å². The van der Waals surface area contributed by atoms with E-state index in [1.165, 1.54) is 29.9 Å². The molecule has 0 saturated heterocycles. The van der Waals surface area contributed by atoms with Crippen molar-refractivity contribution >= 4 is 10.9 Å². The highest BCUT2D eigenvalue weighted by atomic mass is 19.1. The van der Waals surface area contributed by atoms with Gasteiger partial charge in [-0.15, -0.1) is 0 Å². The van der Waals surface area contributed by atoms with Gasteiger partial charge in [0, 0.05) is 29.2 Å². The van der Waals surface area contributed by atoms with E-state index in [4.69, 9.17) is 0 Å². The highest BCUT2D eigenvalue weighted by molar-refractivity contribution is 5.84. The number of unbranched alkanes of at least 4 members (excludes halogenated alkanes) is 1. The van der Waals surface area contributed by atoms with Gasteiger partial charge in [-0.1, -0.05) is 49.7 Å². The Morgan fingerprint density at radius 3 is 2.61 bits per heavy atom. The maximum Gasteiger partial charge on any atom is 0.128 e. The molecule has 0 atom stereocenters. The zero-order valence-corrected chi connectivity index (χ0v) is 13.6. The Morgan fingerprint density at radius 2 is 1.78 bits per heavy atom. The van der Waals surface area contributed by atoms with Crippen molar-refractivity contribution < 1.29 is 4.39 Å². The van der Waals surface area contributed by atoms with E-state index in [1.54, 1.807) is 6.07 Å². The molecule has 0 amide bonds. The van der Waals surface area contributed by atoms with E-state index in [-0.39, 0.29) is 5.82 Å². The Bertz CT molecular complexity index is 776. The molecule has 0 aliphatic carbocycles. The monoisotopic (exact) mass is 310 g/mol. The summed E-state index contributed by atoms with van der Waals surface area (Å²) in [5, 5.41) is 4.74. The molecular formula is C20H23FN2. The largest absolute Gasteiger partial charge is 0.343 e. The first kappa shape index (κ1) is 15.8. The molecule has 23 heavy (non-hydrogen) atoms. The summed E-state index contributed by atoms with van der Waals surface area (Å²) in [6, 6.07) is 15.3. The molecule has 1 N–H and O–H groups in total. The molecule has 0 aliphatic rings. The highest BCUT2D eigenvalue weighted by Crippen LogP contribution is 2.23. The second kappa shape index (κ2) is 7.42. The second-order valence-corrected chi connectivity index (χ2v) is 5.92. The van der Waals surface area contributed by atoms with Crippen LogP contribution in [0.5, 0.6) is 0 Å². The molecule has 0 spiro atoms. The maximum absolute atomic E-state index is 13.9. The van der Waals surface area contributed by atoms with Gasteiger partial charge >= 0.3 is 0 Å². The van der Waals surface area contributed by atoms with E-state index < -0.39 is 0 Å². The van der Waals surface area contributed by atoms with Gasteiger partial charge < -0.3 is 9.88 Å². The quantitative estimate of drug-likeness (QED) is 0.625. The molecule has 3 aromatic rings. The zero-order chi connectivity index (χ0) is 16.1. The van der Waals surface area contributed by atoms with Crippen molar-refractivity contribution in [2.75, 3.05) is 6.54 Å². The summed E-state index contributed by atoms with van der Waals surface area (Å²) >= 11 is 0. The van der Waals surface area contributed by atoms with E-state index in [9.17, 15) is 4.39 Å². The number of fused-ring (bicyclic) bond motifs is 1. The topological polar surface area (TPSA) is 17.0 Å². The number of benzene rings is 2. The second-order valence-electron chi connectivity index (χ2n) is 5.92. The Morgan fingerprint density at radius 1 is 1.00 bits per heavy atom. The lowest BCUT2D eigenvalue weighted by atomic mass is 10.2. The summed E-state index contributed by atoms with van der Waals surface area (Å²) in [7, 11) is 0. The Kier molecular flexibility index (Phi) is 5.09. The zero-order valence-electron chi connectivity index (χ0n) is 13.6. The van der Waals surface area contributed by atoms with Gasteiger partial charge in [0.15, 0.2) is 0 Å². The number of rotatable bonds is 7. The Labute approximate surface area is 136 Å². The van der Waals surface area contributed by atoms with E-state index in [0.29, 0.717) is 6.54 Å². The molecule has 3 rings (SSSR count). The predicted octanol–water partition coefficient (Wildman–Crippen LogP) is 4.72. The van der Waals surface area contributed by atoms with Gasteiger partial charge in [-0.2, -0.15) is 0 Å². The van der Waals surface area contributed by atoms with Crippen LogP contribution < -0.4 is 5.32 Å². The van der Waals surface area contributed by atoms with Crippen LogP contribution in [-0.4, -0.2) is 11.1 Å². The van der Waals surface area contributed by atoms with Crippen molar-refractivity contribution in [1.82, 2.24) is 9.88 Å². The average Bonchev–Trinajstić information content (AvgIpc) is 2.92. The van der Waals surface area contributed by atoms with Crippen molar-refractivity contribution in [3.05, 3.63) is 71.7 Å². The molecule has 2 aromatic carbocycles. The summed E-state index contributed by atoms with van der Waals surface area (Å²) < 4.78 is 16.1. The van der Waals surface area contributed by atoms with Crippen LogP contribution in [0.15, 0.2) is 54.7 Å². The van der Waals surface area contributed by atoms with Crippen molar-refractivity contribution in [3.8, 4) is 0 Å². The molecule has 0 radical (unpaired) electrons. The van der Waals surface area contributed by atoms with Gasteiger partial charge in [0.1, 0.15) is 5.82 Å². The SMILES string of the molecule is CCCCNCc1cn(Cc2ccccc2F)c2ccccc12. The summed E-state index contributed by atoms with van der Waals surface area (Å²) in [4.78, 5) is 0. The lowest BCUT2D eigenvalue weighted by molar-refractivity contribution is 0.601. The van der Waals surface area contributed by atoms with E-state index >= 15 is 0 Å². The van der Waals surface area contributed by atoms with Crippen LogP contribution in [-0.2, 0) is 13.1 Å². The minimum atomic E-state index is -0.145. The van der Waals surface area contributed by atoms with Gasteiger partial charge in [0.2, 0.25) is 0 Å². The van der Waals surface area contributed by atoms with Crippen LogP contribution in [0.4, 0.5) is 4.39 Å². The predicted molar refractivity (Wildman–Crippen MR) is 94.1 cm³/mol. The van der Waals surface area contributed by atoms with Crippen molar-refractivity contribution in [3.63, 3.8) is 0 Å². The van der Waals surface area contributed by atoms with E-state index in [1.807, 2.05) is 18.2 Å². The molecule has 2 nitrogen and oxygen atoms in total. The average molecular weight is 310 g/mol. The molecule has 0 saturated carbocycles. The lowest BCUT2D eigenvalue weighted by Gasteiger charge is -2.06. The molecule has 0 unspecified atom stereocenters. The normalized spacial score (nSPS) is 11.2. The number of nitrogens with one attached hydrogen (secondary N) is 1. The summed E-state index contributed by atoms with van der Waals surface area (Å²) in [6.07, 6.45) is 4.53. The summed E-state index contributed by atoms with van der Waals surface area (Å²) in [5.74, 6) is -0.145. The van der Waals surface area contributed by atoms with Crippen LogP contribution >= 0.6 is 0 Å². The van der Waals surface area contributed by atoms with Crippen LogP contribution in [0, 0.1) is 5.82 Å². The van der Waals surface area contributed by atoms with Crippen molar-refractivity contribution in [2.24, 2.45) is 0 Å². The lowest BCUT2D eigenvalue weighted by Crippen LogP contribution is -2.14. The minimum absolute atomic E-state index is 0.145. The summed E-state index contributed by atoms with van der Waals surface area (Å²) in [5.41, 5.74) is 3.15. The van der Waals surface area contributed by atoms with Gasteiger partial charge in [0.25, 0.3) is 0 Å². The fourth-order valence-corrected chi connectivity index (χ4v) is 2.93. The van der Waals surface area contributed by atoms with Crippen LogP contribution in [0.2, 0.25) is 0 Å². The Hall–Kier alpha value is -2.13. The van der Waals surface area contributed by atoms with Gasteiger partial charge in [-0.25, -0.2) is 4.39 Å². The van der Waals surface area contributed by atoms with Crippen molar-refractivity contribution in [1.29, 1.82) is 0 Å². The fraction of sp³-hybridized carbons (Fsp3) is 0.300. The first-order valence-electron chi connectivity index (χ1n) is 8.30. The number of hydrogen-bond donors (Lipinski definition) is 1. The molecule has 120 valence electrons. The molecule has 0 bridgehead atoms. The molecular weight excluding hydrogens is 287 g/mol. The van der Waals surface area contributed by atoms with Gasteiger partial charge in [-0.05, 0) is 30.7 Å².